The van der Waals surface area contributed by atoms with Gasteiger partial charge in [0.15, 0.2) is 0 Å². The summed E-state index contributed by atoms with van der Waals surface area (Å²) >= 11 is 0. The van der Waals surface area contributed by atoms with E-state index in [1.807, 2.05) is 7.05 Å². The van der Waals surface area contributed by atoms with Crippen molar-refractivity contribution in [2.75, 3.05) is 33.7 Å². The van der Waals surface area contributed by atoms with Crippen molar-refractivity contribution >= 4 is 0 Å². The molecule has 2 aliphatic rings. The van der Waals surface area contributed by atoms with Crippen LogP contribution in [0.5, 0.6) is 0 Å². The van der Waals surface area contributed by atoms with E-state index in [4.69, 9.17) is 4.74 Å². The predicted molar refractivity (Wildman–Crippen MR) is 66.7 cm³/mol. The average molecular weight is 226 g/mol. The summed E-state index contributed by atoms with van der Waals surface area (Å²) in [5.41, 5.74) is 0.240. The maximum Gasteiger partial charge on any atom is 0.0698 e. The lowest BCUT2D eigenvalue weighted by molar-refractivity contribution is -0.154. The zero-order valence-electron chi connectivity index (χ0n) is 10.8. The first kappa shape index (κ1) is 12.3. The predicted octanol–water partition coefficient (Wildman–Crippen LogP) is 1.63. The van der Waals surface area contributed by atoms with Crippen molar-refractivity contribution in [2.45, 2.75) is 50.2 Å². The molecule has 2 rings (SSSR count). The van der Waals surface area contributed by atoms with Gasteiger partial charge < -0.3 is 15.0 Å². The second-order valence-corrected chi connectivity index (χ2v) is 5.51. The van der Waals surface area contributed by atoms with Crippen LogP contribution in [-0.4, -0.2) is 50.3 Å². The van der Waals surface area contributed by atoms with Crippen LogP contribution >= 0.6 is 0 Å². The van der Waals surface area contributed by atoms with Crippen LogP contribution in [0.2, 0.25) is 0 Å². The maximum absolute atomic E-state index is 6.40. The fourth-order valence-electron chi connectivity index (χ4n) is 2.81. The molecule has 2 fully saturated rings. The zero-order chi connectivity index (χ0) is 11.4. The van der Waals surface area contributed by atoms with Crippen LogP contribution in [0, 0.1) is 0 Å². The van der Waals surface area contributed by atoms with E-state index in [0.29, 0.717) is 6.10 Å². The van der Waals surface area contributed by atoms with Crippen LogP contribution in [-0.2, 0) is 4.74 Å². The van der Waals surface area contributed by atoms with Crippen molar-refractivity contribution in [3.63, 3.8) is 0 Å². The van der Waals surface area contributed by atoms with Gasteiger partial charge in [0.1, 0.15) is 0 Å². The number of hydrogen-bond acceptors (Lipinski definition) is 3. The second-order valence-electron chi connectivity index (χ2n) is 5.51. The topological polar surface area (TPSA) is 24.5 Å². The van der Waals surface area contributed by atoms with Crippen molar-refractivity contribution in [1.29, 1.82) is 0 Å². The number of nitrogens with one attached hydrogen (secondary N) is 1. The quantitative estimate of drug-likeness (QED) is 0.771. The van der Waals surface area contributed by atoms with Crippen LogP contribution < -0.4 is 5.32 Å². The molecule has 1 saturated heterocycles. The number of nitrogens with zero attached hydrogens (tertiary/aromatic N) is 1. The third-order valence-electron chi connectivity index (χ3n) is 4.18. The van der Waals surface area contributed by atoms with Gasteiger partial charge in [-0.1, -0.05) is 0 Å². The molecule has 1 heterocycles. The minimum atomic E-state index is 0.240. The lowest BCUT2D eigenvalue weighted by atomic mass is 9.77. The summed E-state index contributed by atoms with van der Waals surface area (Å²) in [5.74, 6) is 0. The highest BCUT2D eigenvalue weighted by molar-refractivity contribution is 4.91. The Labute approximate surface area is 99.5 Å². The zero-order valence-corrected chi connectivity index (χ0v) is 10.8. The highest BCUT2D eigenvalue weighted by atomic mass is 16.5. The van der Waals surface area contributed by atoms with E-state index in [-0.39, 0.29) is 5.60 Å². The third-order valence-corrected chi connectivity index (χ3v) is 4.18. The molecule has 1 N–H and O–H groups in total. The molecule has 3 nitrogen and oxygen atoms in total. The van der Waals surface area contributed by atoms with Crippen molar-refractivity contribution < 1.29 is 4.74 Å². The first-order chi connectivity index (χ1) is 7.74. The van der Waals surface area contributed by atoms with Gasteiger partial charge in [-0.15, -0.1) is 0 Å². The molecule has 1 aliphatic heterocycles. The van der Waals surface area contributed by atoms with E-state index in [2.05, 4.69) is 17.3 Å². The highest BCUT2D eigenvalue weighted by Gasteiger charge is 2.39. The molecule has 0 bridgehead atoms. The molecule has 3 heteroatoms. The molecule has 0 radical (unpaired) electrons. The summed E-state index contributed by atoms with van der Waals surface area (Å²) in [6.45, 7) is 3.49. The molecular formula is C13H26N2O. The van der Waals surface area contributed by atoms with Gasteiger partial charge in [-0.3, -0.25) is 0 Å². The first-order valence-electron chi connectivity index (χ1n) is 6.75. The van der Waals surface area contributed by atoms with Crippen LogP contribution in [0.15, 0.2) is 0 Å². The number of rotatable bonds is 5. The average Bonchev–Trinajstić information content (AvgIpc) is 2.25. The molecular weight excluding hydrogens is 200 g/mol. The number of hydrogen-bond donors (Lipinski definition) is 1. The minimum Gasteiger partial charge on any atom is -0.372 e. The highest BCUT2D eigenvalue weighted by Crippen LogP contribution is 2.40. The number of ether oxygens (including phenoxy) is 1. The summed E-state index contributed by atoms with van der Waals surface area (Å²) in [6, 6.07) is 0. The van der Waals surface area contributed by atoms with Crippen molar-refractivity contribution in [2.24, 2.45) is 0 Å². The Morgan fingerprint density at radius 3 is 2.50 bits per heavy atom. The molecule has 0 aromatic rings. The van der Waals surface area contributed by atoms with E-state index >= 15 is 0 Å². The Hall–Kier alpha value is -0.120. The van der Waals surface area contributed by atoms with E-state index < -0.39 is 0 Å². The molecule has 0 aromatic heterocycles. The largest absolute Gasteiger partial charge is 0.372 e. The van der Waals surface area contributed by atoms with Crippen LogP contribution in [0.1, 0.15) is 38.5 Å². The Morgan fingerprint density at radius 2 is 2.00 bits per heavy atom. The normalized spacial score (nSPS) is 26.6. The van der Waals surface area contributed by atoms with Gasteiger partial charge in [-0.05, 0) is 59.2 Å². The van der Waals surface area contributed by atoms with Crippen LogP contribution in [0.3, 0.4) is 0 Å². The first-order valence-corrected chi connectivity index (χ1v) is 6.75. The number of piperidine rings is 1. The Morgan fingerprint density at radius 1 is 1.31 bits per heavy atom. The molecule has 94 valence electrons. The summed E-state index contributed by atoms with van der Waals surface area (Å²) in [7, 11) is 4.23. The molecule has 16 heavy (non-hydrogen) atoms. The Balaban J connectivity index is 1.77. The van der Waals surface area contributed by atoms with Gasteiger partial charge >= 0.3 is 0 Å². The second kappa shape index (κ2) is 5.48. The van der Waals surface area contributed by atoms with Crippen molar-refractivity contribution in [3.8, 4) is 0 Å². The van der Waals surface area contributed by atoms with Crippen molar-refractivity contribution in [3.05, 3.63) is 0 Å². The third kappa shape index (κ3) is 2.96. The molecule has 1 saturated carbocycles. The molecule has 0 atom stereocenters. The van der Waals surface area contributed by atoms with E-state index in [1.54, 1.807) is 0 Å². The van der Waals surface area contributed by atoms with E-state index in [1.165, 1.54) is 51.6 Å². The van der Waals surface area contributed by atoms with Gasteiger partial charge in [-0.25, -0.2) is 0 Å². The SMILES string of the molecule is CNCCC1(OC2CCN(C)CC2)CCC1. The van der Waals surface area contributed by atoms with Gasteiger partial charge in [0.25, 0.3) is 0 Å². The molecule has 0 aromatic carbocycles. The molecule has 0 unspecified atom stereocenters. The fourth-order valence-corrected chi connectivity index (χ4v) is 2.81. The van der Waals surface area contributed by atoms with Crippen LogP contribution in [0.4, 0.5) is 0 Å². The summed E-state index contributed by atoms with van der Waals surface area (Å²) in [6.07, 6.45) is 8.07. The minimum absolute atomic E-state index is 0.240. The smallest absolute Gasteiger partial charge is 0.0698 e. The van der Waals surface area contributed by atoms with E-state index in [9.17, 15) is 0 Å². The lowest BCUT2D eigenvalue weighted by Gasteiger charge is -2.45. The van der Waals surface area contributed by atoms with Gasteiger partial charge in [0, 0.05) is 13.1 Å². The van der Waals surface area contributed by atoms with Gasteiger partial charge in [-0.2, -0.15) is 0 Å². The summed E-state index contributed by atoms with van der Waals surface area (Å²) in [5, 5.41) is 3.25. The summed E-state index contributed by atoms with van der Waals surface area (Å²) in [4.78, 5) is 2.40. The van der Waals surface area contributed by atoms with Crippen LogP contribution in [0.25, 0.3) is 0 Å². The van der Waals surface area contributed by atoms with Crippen molar-refractivity contribution in [1.82, 2.24) is 10.2 Å². The molecule has 0 amide bonds. The Bertz CT molecular complexity index is 208. The maximum atomic E-state index is 6.40. The molecule has 1 aliphatic carbocycles. The van der Waals surface area contributed by atoms with Gasteiger partial charge in [0.2, 0.25) is 0 Å². The number of likely N-dealkylation sites (tertiary alicyclic amines) is 1. The standard InChI is InChI=1S/C13H26N2O/c1-14-9-8-13(6-3-7-13)16-12-4-10-15(2)11-5-12/h12,14H,3-11H2,1-2H3. The summed E-state index contributed by atoms with van der Waals surface area (Å²) < 4.78 is 6.40. The van der Waals surface area contributed by atoms with E-state index in [0.717, 1.165) is 6.54 Å². The fraction of sp³-hybridized carbons (Fsp3) is 1.00. The molecule has 0 spiro atoms. The van der Waals surface area contributed by atoms with Gasteiger partial charge in [0.05, 0.1) is 11.7 Å². The monoisotopic (exact) mass is 226 g/mol. The lowest BCUT2D eigenvalue weighted by Crippen LogP contribution is -2.47. The Kier molecular flexibility index (Phi) is 4.22.